The lowest BCUT2D eigenvalue weighted by molar-refractivity contribution is 0.0389. The van der Waals surface area contributed by atoms with Gasteiger partial charge < -0.3 is 25.8 Å². The number of nitrogens with zero attached hydrogens (tertiary/aromatic N) is 5. The fourth-order valence-corrected chi connectivity index (χ4v) is 4.38. The Hall–Kier alpha value is -3.54. The predicted octanol–water partition coefficient (Wildman–Crippen LogP) is 2.57. The van der Waals surface area contributed by atoms with Crippen LogP contribution in [0.25, 0.3) is 27.5 Å². The molecule has 0 radical (unpaired) electrons. The summed E-state index contributed by atoms with van der Waals surface area (Å²) in [5.74, 6) is 1.77. The minimum Gasteiger partial charge on any atom is -0.492 e. The monoisotopic (exact) mass is 492 g/mol. The number of nitrogen functional groups attached to an aromatic ring is 1. The third-order valence-corrected chi connectivity index (χ3v) is 6.18. The number of ether oxygens (including phenoxy) is 2. The molecule has 0 amide bonds. The van der Waals surface area contributed by atoms with E-state index >= 15 is 0 Å². The molecule has 182 valence electrons. The highest BCUT2D eigenvalue weighted by Crippen LogP contribution is 2.35. The Bertz CT molecular complexity index is 1340. The smallest absolute Gasteiger partial charge is 0.170 e. The molecule has 1 aliphatic rings. The molecule has 1 aliphatic heterocycles. The van der Waals surface area contributed by atoms with Gasteiger partial charge in [0.25, 0.3) is 0 Å². The molecule has 4 N–H and O–H groups in total. The van der Waals surface area contributed by atoms with E-state index in [4.69, 9.17) is 27.4 Å². The van der Waals surface area contributed by atoms with Gasteiger partial charge in [0.05, 0.1) is 31.0 Å². The molecule has 5 rings (SSSR count). The van der Waals surface area contributed by atoms with Crippen LogP contribution in [0.5, 0.6) is 5.75 Å². The van der Waals surface area contributed by atoms with Crippen LogP contribution in [-0.4, -0.2) is 75.5 Å². The molecule has 0 aliphatic carbocycles. The fraction of sp³-hybridized carbons (Fsp3) is 0.333. The van der Waals surface area contributed by atoms with Crippen molar-refractivity contribution in [1.29, 1.82) is 0 Å². The molecule has 3 aromatic heterocycles. The third-order valence-electron chi connectivity index (χ3n) is 5.93. The number of morpholine rings is 1. The van der Waals surface area contributed by atoms with Gasteiger partial charge in [-0.3, -0.25) is 14.5 Å². The van der Waals surface area contributed by atoms with Gasteiger partial charge >= 0.3 is 0 Å². The SMILES string of the molecule is CCOc1cc2ncc3c(N)nc(-n4ccnc4)cc3c2cc1NC(=S)NCCN1CCOCC1. The number of nitrogens with one attached hydrogen (secondary N) is 2. The highest BCUT2D eigenvalue weighted by atomic mass is 32.1. The Kier molecular flexibility index (Phi) is 6.89. The van der Waals surface area contributed by atoms with E-state index < -0.39 is 0 Å². The maximum Gasteiger partial charge on any atom is 0.170 e. The molecule has 11 heteroatoms. The number of anilines is 2. The number of hydrogen-bond acceptors (Lipinski definition) is 8. The van der Waals surface area contributed by atoms with E-state index in [0.29, 0.717) is 29.1 Å². The Morgan fingerprint density at radius 3 is 2.83 bits per heavy atom. The number of benzene rings is 1. The summed E-state index contributed by atoms with van der Waals surface area (Å²) in [7, 11) is 0. The Labute approximate surface area is 208 Å². The first-order valence-corrected chi connectivity index (χ1v) is 12.0. The van der Waals surface area contributed by atoms with Crippen molar-refractivity contribution in [3.8, 4) is 11.6 Å². The summed E-state index contributed by atoms with van der Waals surface area (Å²) in [4.78, 5) is 15.6. The summed E-state index contributed by atoms with van der Waals surface area (Å²) in [6.07, 6.45) is 6.98. The largest absolute Gasteiger partial charge is 0.492 e. The van der Waals surface area contributed by atoms with Crippen LogP contribution in [-0.2, 0) is 4.74 Å². The van der Waals surface area contributed by atoms with E-state index in [0.717, 1.165) is 66.8 Å². The maximum absolute atomic E-state index is 6.30. The van der Waals surface area contributed by atoms with E-state index in [1.54, 1.807) is 18.7 Å². The lowest BCUT2D eigenvalue weighted by atomic mass is 10.1. The average Bonchev–Trinajstić information content (AvgIpc) is 3.40. The zero-order valence-electron chi connectivity index (χ0n) is 19.5. The minimum atomic E-state index is 0.407. The molecule has 1 fully saturated rings. The van der Waals surface area contributed by atoms with Crippen LogP contribution < -0.4 is 21.1 Å². The van der Waals surface area contributed by atoms with Gasteiger partial charge in [0.15, 0.2) is 5.11 Å². The number of fused-ring (bicyclic) bond motifs is 3. The van der Waals surface area contributed by atoms with Gasteiger partial charge in [-0.05, 0) is 31.3 Å². The number of thiocarbonyl (C=S) groups is 1. The van der Waals surface area contributed by atoms with Crippen molar-refractivity contribution in [2.24, 2.45) is 0 Å². The van der Waals surface area contributed by atoms with E-state index in [9.17, 15) is 0 Å². The highest BCUT2D eigenvalue weighted by Gasteiger charge is 2.15. The van der Waals surface area contributed by atoms with Crippen LogP contribution in [0.2, 0.25) is 0 Å². The van der Waals surface area contributed by atoms with E-state index in [-0.39, 0.29) is 0 Å². The molecule has 35 heavy (non-hydrogen) atoms. The minimum absolute atomic E-state index is 0.407. The molecule has 0 atom stereocenters. The van der Waals surface area contributed by atoms with Crippen LogP contribution in [0.15, 0.2) is 43.1 Å². The molecule has 0 unspecified atom stereocenters. The van der Waals surface area contributed by atoms with Crippen molar-refractivity contribution in [3.05, 3.63) is 43.1 Å². The van der Waals surface area contributed by atoms with Gasteiger partial charge in [-0.1, -0.05) is 0 Å². The normalized spacial score (nSPS) is 14.3. The van der Waals surface area contributed by atoms with Crippen molar-refractivity contribution >= 4 is 50.5 Å². The van der Waals surface area contributed by atoms with Gasteiger partial charge in [0.2, 0.25) is 0 Å². The number of pyridine rings is 2. The summed E-state index contributed by atoms with van der Waals surface area (Å²) < 4.78 is 13.1. The molecule has 10 nitrogen and oxygen atoms in total. The van der Waals surface area contributed by atoms with Crippen LogP contribution in [0.3, 0.4) is 0 Å². The predicted molar refractivity (Wildman–Crippen MR) is 141 cm³/mol. The lowest BCUT2D eigenvalue weighted by Crippen LogP contribution is -2.42. The topological polar surface area (TPSA) is 115 Å². The van der Waals surface area contributed by atoms with Gasteiger partial charge in [-0.25, -0.2) is 9.97 Å². The fourth-order valence-electron chi connectivity index (χ4n) is 4.16. The molecule has 4 heterocycles. The van der Waals surface area contributed by atoms with Gasteiger partial charge in [0, 0.05) is 67.0 Å². The first-order valence-electron chi connectivity index (χ1n) is 11.6. The second kappa shape index (κ2) is 10.4. The zero-order valence-corrected chi connectivity index (χ0v) is 20.3. The zero-order chi connectivity index (χ0) is 24.2. The molecule has 0 saturated carbocycles. The summed E-state index contributed by atoms with van der Waals surface area (Å²) in [5.41, 5.74) is 7.85. The number of rotatable bonds is 7. The second-order valence-corrected chi connectivity index (χ2v) is 8.60. The molecular weight excluding hydrogens is 464 g/mol. The Morgan fingerprint density at radius 1 is 1.20 bits per heavy atom. The standard InChI is InChI=1S/C24H28N8O2S/c1-2-34-21-13-19-17(11-20(21)29-24(35)27-4-5-31-7-9-33-10-8-31)16-12-22(32-6-3-26-15-32)30-23(25)18(16)14-28-19/h3,6,11-15H,2,4-5,7-10H2,1H3,(H2,25,30)(H2,27,29,35). The van der Waals surface area contributed by atoms with Crippen molar-refractivity contribution in [1.82, 2.24) is 29.7 Å². The Balaban J connectivity index is 1.45. The third kappa shape index (κ3) is 5.11. The average molecular weight is 493 g/mol. The quantitative estimate of drug-likeness (QED) is 0.263. The molecule has 1 aromatic carbocycles. The summed E-state index contributed by atoms with van der Waals surface area (Å²) in [6, 6.07) is 5.91. The van der Waals surface area contributed by atoms with Gasteiger partial charge in [-0.2, -0.15) is 0 Å². The molecule has 1 saturated heterocycles. The number of aromatic nitrogens is 4. The second-order valence-electron chi connectivity index (χ2n) is 8.19. The van der Waals surface area contributed by atoms with Crippen LogP contribution in [0, 0.1) is 0 Å². The molecular formula is C24H28N8O2S. The first-order chi connectivity index (χ1) is 17.1. The number of imidazole rings is 1. The van der Waals surface area contributed by atoms with E-state index in [2.05, 4.69) is 30.5 Å². The van der Waals surface area contributed by atoms with Crippen molar-refractivity contribution in [2.75, 3.05) is 57.1 Å². The maximum atomic E-state index is 6.30. The summed E-state index contributed by atoms with van der Waals surface area (Å²) in [5, 5.41) is 9.77. The van der Waals surface area contributed by atoms with Crippen LogP contribution in [0.1, 0.15) is 6.92 Å². The Morgan fingerprint density at radius 2 is 2.06 bits per heavy atom. The van der Waals surface area contributed by atoms with E-state index in [1.807, 2.05) is 35.9 Å². The summed E-state index contributed by atoms with van der Waals surface area (Å²) in [6.45, 7) is 7.56. The molecule has 0 bridgehead atoms. The van der Waals surface area contributed by atoms with Crippen LogP contribution in [0.4, 0.5) is 11.5 Å². The van der Waals surface area contributed by atoms with Crippen molar-refractivity contribution in [3.63, 3.8) is 0 Å². The molecule has 4 aromatic rings. The van der Waals surface area contributed by atoms with Crippen LogP contribution >= 0.6 is 12.2 Å². The first kappa shape index (κ1) is 23.2. The van der Waals surface area contributed by atoms with Gasteiger partial charge in [0.1, 0.15) is 23.7 Å². The lowest BCUT2D eigenvalue weighted by Gasteiger charge is -2.26. The number of hydrogen-bond donors (Lipinski definition) is 3. The van der Waals surface area contributed by atoms with Crippen molar-refractivity contribution < 1.29 is 9.47 Å². The van der Waals surface area contributed by atoms with Gasteiger partial charge in [-0.15, -0.1) is 0 Å². The number of nitrogens with two attached hydrogens (primary N) is 1. The van der Waals surface area contributed by atoms with E-state index in [1.165, 1.54) is 0 Å². The van der Waals surface area contributed by atoms with Crippen molar-refractivity contribution in [2.45, 2.75) is 6.92 Å². The highest BCUT2D eigenvalue weighted by molar-refractivity contribution is 7.80. The summed E-state index contributed by atoms with van der Waals surface area (Å²) >= 11 is 5.58. The molecule has 0 spiro atoms.